The summed E-state index contributed by atoms with van der Waals surface area (Å²) in [5, 5.41) is 35.6. The van der Waals surface area contributed by atoms with Crippen LogP contribution in [0.15, 0.2) is 17.7 Å². The van der Waals surface area contributed by atoms with Crippen LogP contribution >= 0.6 is 12.6 Å². The molecular weight excluding hydrogens is 288 g/mol. The van der Waals surface area contributed by atoms with Gasteiger partial charge in [0.25, 0.3) is 0 Å². The van der Waals surface area contributed by atoms with Crippen LogP contribution in [0.25, 0.3) is 11.2 Å². The Labute approximate surface area is 118 Å². The lowest BCUT2D eigenvalue weighted by molar-refractivity contribution is -0.132. The Kier molecular flexibility index (Phi) is 4.86. The molecule has 2 aromatic rings. The van der Waals surface area contributed by atoms with Crippen molar-refractivity contribution in [2.75, 3.05) is 6.61 Å². The normalized spacial score (nSPS) is 29.2. The van der Waals surface area contributed by atoms with Crippen LogP contribution in [-0.4, -0.2) is 71.6 Å². The van der Waals surface area contributed by atoms with Crippen molar-refractivity contribution in [1.29, 1.82) is 0 Å². The van der Waals surface area contributed by atoms with Gasteiger partial charge in [0.05, 0.1) is 12.9 Å². The fraction of sp³-hybridized carbons (Fsp3) is 0.500. The van der Waals surface area contributed by atoms with Gasteiger partial charge in [-0.05, 0) is 0 Å². The van der Waals surface area contributed by atoms with Gasteiger partial charge in [-0.2, -0.15) is 0 Å². The number of ether oxygens (including phenoxy) is 1. The highest BCUT2D eigenvalue weighted by molar-refractivity contribution is 7.80. The Morgan fingerprint density at radius 3 is 2.45 bits per heavy atom. The molecule has 5 N–H and O–H groups in total. The van der Waals surface area contributed by atoms with Crippen molar-refractivity contribution in [3.8, 4) is 0 Å². The summed E-state index contributed by atoms with van der Waals surface area (Å²) in [6, 6.07) is 0. The lowest BCUT2D eigenvalue weighted by Gasteiger charge is -2.09. The topological polar surface area (TPSA) is 145 Å². The first-order valence-corrected chi connectivity index (χ1v) is 6.13. The lowest BCUT2D eigenvalue weighted by atomic mass is 10.1. The number of nitrogens with one attached hydrogen (secondary N) is 1. The number of hydrogen-bond acceptors (Lipinski definition) is 9. The number of hydrogen-bond donors (Lipinski definition) is 6. The molecule has 0 aliphatic carbocycles. The number of aliphatic hydroxyl groups is 4. The Morgan fingerprint density at radius 2 is 1.95 bits per heavy atom. The maximum absolute atomic E-state index is 8.93. The number of rotatable bonds is 1. The number of nitrogens with zero attached hydrogens (tertiary/aromatic N) is 3. The first kappa shape index (κ1) is 15.1. The number of thiol groups is 1. The van der Waals surface area contributed by atoms with Crippen LogP contribution < -0.4 is 0 Å². The van der Waals surface area contributed by atoms with Crippen molar-refractivity contribution in [2.45, 2.75) is 29.6 Å². The summed E-state index contributed by atoms with van der Waals surface area (Å²) in [6.45, 7) is -0.407. The summed E-state index contributed by atoms with van der Waals surface area (Å²) in [4.78, 5) is 14.6. The smallest absolute Gasteiger partial charge is 0.184 e. The molecular formula is C10H14N4O5S. The number of fused-ring (bicyclic) bond motifs is 1. The number of aromatic nitrogens is 4. The van der Waals surface area contributed by atoms with Crippen molar-refractivity contribution in [1.82, 2.24) is 19.9 Å². The Hall–Kier alpha value is -1.30. The molecule has 1 fully saturated rings. The quantitative estimate of drug-likeness (QED) is 0.264. The number of H-pyrrole nitrogens is 1. The van der Waals surface area contributed by atoms with Gasteiger partial charge in [-0.1, -0.05) is 0 Å². The van der Waals surface area contributed by atoms with E-state index in [1.807, 2.05) is 0 Å². The van der Waals surface area contributed by atoms with Crippen molar-refractivity contribution in [3.63, 3.8) is 0 Å². The Balaban J connectivity index is 0.000000147. The maximum Gasteiger partial charge on any atom is 0.184 e. The van der Waals surface area contributed by atoms with Crippen LogP contribution in [-0.2, 0) is 4.74 Å². The minimum Gasteiger partial charge on any atom is -0.394 e. The molecule has 9 nitrogen and oxygen atoms in total. The molecule has 3 heterocycles. The average molecular weight is 302 g/mol. The number of aromatic amines is 1. The zero-order chi connectivity index (χ0) is 14.7. The SMILES string of the molecule is OC[C@H]1OC(O)[C@H](O)[C@@H]1O.Sc1ncnc2nc[nH]c12. The third-order valence-corrected chi connectivity index (χ3v) is 3.06. The number of imidazole rings is 1. The fourth-order valence-electron chi connectivity index (χ4n) is 1.63. The minimum atomic E-state index is -1.38. The molecule has 0 aromatic carbocycles. The molecule has 10 heteroatoms. The van der Waals surface area contributed by atoms with E-state index in [4.69, 9.17) is 20.4 Å². The minimum absolute atomic E-state index is 0.407. The highest BCUT2D eigenvalue weighted by Crippen LogP contribution is 2.18. The van der Waals surface area contributed by atoms with Gasteiger partial charge in [-0.15, -0.1) is 12.6 Å². The van der Waals surface area contributed by atoms with Crippen molar-refractivity contribution >= 4 is 23.8 Å². The van der Waals surface area contributed by atoms with Gasteiger partial charge in [0, 0.05) is 0 Å². The number of aliphatic hydroxyl groups excluding tert-OH is 4. The highest BCUT2D eigenvalue weighted by Gasteiger charge is 2.41. The van der Waals surface area contributed by atoms with Gasteiger partial charge in [-0.25, -0.2) is 15.0 Å². The molecule has 1 aliphatic rings. The largest absolute Gasteiger partial charge is 0.394 e. The zero-order valence-electron chi connectivity index (χ0n) is 10.2. The third kappa shape index (κ3) is 3.06. The molecule has 1 saturated heterocycles. The summed E-state index contributed by atoms with van der Waals surface area (Å²) in [5.74, 6) is 0. The van der Waals surface area contributed by atoms with E-state index in [2.05, 4.69) is 37.3 Å². The van der Waals surface area contributed by atoms with Crippen LogP contribution in [0.1, 0.15) is 0 Å². The van der Waals surface area contributed by atoms with Gasteiger partial charge >= 0.3 is 0 Å². The van der Waals surface area contributed by atoms with E-state index in [-0.39, 0.29) is 0 Å². The first-order chi connectivity index (χ1) is 9.54. The molecule has 2 aromatic heterocycles. The molecule has 0 spiro atoms. The van der Waals surface area contributed by atoms with Crippen LogP contribution in [0.4, 0.5) is 0 Å². The standard InChI is InChI=1S/C5H4N4S.C5H10O5/c10-5-3-4(7-1-6-3)8-2-9-5;6-1-2-3(7)4(8)5(9)10-2/h1-2H,(H2,6,7,8,9,10);2-9H,1H2/t;2-,3-,4-,5?/m.1/s1. The lowest BCUT2D eigenvalue weighted by Crippen LogP contribution is -2.33. The van der Waals surface area contributed by atoms with Crippen LogP contribution in [0.5, 0.6) is 0 Å². The second-order valence-electron chi connectivity index (χ2n) is 4.03. The zero-order valence-corrected chi connectivity index (χ0v) is 11.1. The molecule has 0 bridgehead atoms. The van der Waals surface area contributed by atoms with Gasteiger partial charge in [0.15, 0.2) is 11.9 Å². The molecule has 1 unspecified atom stereocenters. The summed E-state index contributed by atoms with van der Waals surface area (Å²) in [6.07, 6.45) is -1.75. The second kappa shape index (κ2) is 6.43. The average Bonchev–Trinajstić information content (AvgIpc) is 3.01. The predicted octanol–water partition coefficient (Wildman–Crippen LogP) is -1.94. The predicted molar refractivity (Wildman–Crippen MR) is 68.9 cm³/mol. The molecule has 0 amide bonds. The van der Waals surface area contributed by atoms with Crippen LogP contribution in [0.3, 0.4) is 0 Å². The van der Waals surface area contributed by atoms with Crippen molar-refractivity contribution < 1.29 is 25.2 Å². The molecule has 20 heavy (non-hydrogen) atoms. The second-order valence-corrected chi connectivity index (χ2v) is 4.45. The van der Waals surface area contributed by atoms with Gasteiger partial charge in [-0.3, -0.25) is 0 Å². The fourth-order valence-corrected chi connectivity index (χ4v) is 1.85. The van der Waals surface area contributed by atoms with Gasteiger partial charge in [0.1, 0.15) is 35.2 Å². The summed E-state index contributed by atoms with van der Waals surface area (Å²) >= 11 is 4.09. The van der Waals surface area contributed by atoms with Crippen LogP contribution in [0.2, 0.25) is 0 Å². The molecule has 110 valence electrons. The molecule has 3 rings (SSSR count). The van der Waals surface area contributed by atoms with E-state index in [1.54, 1.807) is 6.33 Å². The van der Waals surface area contributed by atoms with E-state index in [0.29, 0.717) is 10.7 Å². The van der Waals surface area contributed by atoms with Crippen molar-refractivity contribution in [2.24, 2.45) is 0 Å². The molecule has 1 aliphatic heterocycles. The maximum atomic E-state index is 8.93. The van der Waals surface area contributed by atoms with Gasteiger partial charge < -0.3 is 30.1 Å². The molecule has 0 radical (unpaired) electrons. The Morgan fingerprint density at radius 1 is 1.20 bits per heavy atom. The summed E-state index contributed by atoms with van der Waals surface area (Å²) in [5.41, 5.74) is 1.44. The Bertz CT molecular complexity index is 567. The summed E-state index contributed by atoms with van der Waals surface area (Å²) < 4.78 is 4.54. The van der Waals surface area contributed by atoms with Crippen molar-refractivity contribution in [3.05, 3.63) is 12.7 Å². The van der Waals surface area contributed by atoms with E-state index in [9.17, 15) is 0 Å². The molecule has 4 atom stereocenters. The van der Waals surface area contributed by atoms with E-state index >= 15 is 0 Å². The highest BCUT2D eigenvalue weighted by atomic mass is 32.1. The third-order valence-electron chi connectivity index (χ3n) is 2.72. The van der Waals surface area contributed by atoms with E-state index in [1.165, 1.54) is 6.33 Å². The molecule has 0 saturated carbocycles. The van der Waals surface area contributed by atoms with E-state index in [0.717, 1.165) is 5.52 Å². The van der Waals surface area contributed by atoms with E-state index < -0.39 is 31.2 Å². The first-order valence-electron chi connectivity index (χ1n) is 5.68. The van der Waals surface area contributed by atoms with Crippen LogP contribution in [0, 0.1) is 0 Å². The summed E-state index contributed by atoms with van der Waals surface area (Å²) in [7, 11) is 0. The van der Waals surface area contributed by atoms with Gasteiger partial charge in [0.2, 0.25) is 0 Å². The monoisotopic (exact) mass is 302 g/mol.